The largest absolute Gasteiger partial charge is 0.494 e. The highest BCUT2D eigenvalue weighted by Gasteiger charge is 2.14. The van der Waals surface area contributed by atoms with Crippen LogP contribution >= 0.6 is 27.5 Å². The second-order valence-corrected chi connectivity index (χ2v) is 5.53. The van der Waals surface area contributed by atoms with Crippen molar-refractivity contribution in [3.63, 3.8) is 0 Å². The zero-order valence-electron chi connectivity index (χ0n) is 10.9. The van der Waals surface area contributed by atoms with Crippen molar-refractivity contribution in [1.29, 1.82) is 0 Å². The molecule has 2 N–H and O–H groups in total. The smallest absolute Gasteiger partial charge is 0.142 e. The number of rotatable bonds is 4. The van der Waals surface area contributed by atoms with Crippen LogP contribution in [0.1, 0.15) is 24.1 Å². The Morgan fingerprint density at radius 3 is 2.65 bits per heavy atom. The van der Waals surface area contributed by atoms with Gasteiger partial charge >= 0.3 is 0 Å². The molecule has 0 aliphatic heterocycles. The van der Waals surface area contributed by atoms with Crippen LogP contribution < -0.4 is 10.5 Å². The van der Waals surface area contributed by atoms with Crippen molar-refractivity contribution in [3.8, 4) is 5.75 Å². The average molecular weight is 359 g/mol. The standard InChI is InChI=1S/C15H14BrClFNO/c1-2-20-10-4-5-11(12(16)8-10)15(19)9-3-6-13(17)14(18)7-9/h3-8,15H,2,19H2,1H3. The van der Waals surface area contributed by atoms with Crippen molar-refractivity contribution in [2.24, 2.45) is 5.73 Å². The predicted octanol–water partition coefficient (Wildman–Crippen LogP) is 4.69. The number of hydrogen-bond donors (Lipinski definition) is 1. The monoisotopic (exact) mass is 357 g/mol. The third kappa shape index (κ3) is 3.32. The van der Waals surface area contributed by atoms with Crippen LogP contribution in [0.3, 0.4) is 0 Å². The van der Waals surface area contributed by atoms with Crippen LogP contribution in [-0.4, -0.2) is 6.61 Å². The summed E-state index contributed by atoms with van der Waals surface area (Å²) in [5.74, 6) is 0.291. The molecule has 106 valence electrons. The molecule has 0 fully saturated rings. The Bertz CT molecular complexity index is 621. The predicted molar refractivity (Wildman–Crippen MR) is 82.8 cm³/mol. The van der Waals surface area contributed by atoms with Crippen LogP contribution in [0.15, 0.2) is 40.9 Å². The van der Waals surface area contributed by atoms with Gasteiger partial charge < -0.3 is 10.5 Å². The molecule has 2 aromatic rings. The number of nitrogens with two attached hydrogens (primary N) is 1. The van der Waals surface area contributed by atoms with Gasteiger partial charge in [-0.2, -0.15) is 0 Å². The lowest BCUT2D eigenvalue weighted by atomic mass is 9.99. The Morgan fingerprint density at radius 2 is 2.05 bits per heavy atom. The lowest BCUT2D eigenvalue weighted by Crippen LogP contribution is -2.13. The van der Waals surface area contributed by atoms with Crippen molar-refractivity contribution in [2.45, 2.75) is 13.0 Å². The fourth-order valence-corrected chi connectivity index (χ4v) is 2.62. The van der Waals surface area contributed by atoms with Crippen LogP contribution in [0.25, 0.3) is 0 Å². The quantitative estimate of drug-likeness (QED) is 0.860. The van der Waals surface area contributed by atoms with Gasteiger partial charge in [0.15, 0.2) is 0 Å². The minimum Gasteiger partial charge on any atom is -0.494 e. The molecule has 5 heteroatoms. The molecule has 0 aromatic heterocycles. The molecular formula is C15H14BrClFNO. The van der Waals surface area contributed by atoms with Gasteiger partial charge in [0.05, 0.1) is 17.7 Å². The summed E-state index contributed by atoms with van der Waals surface area (Å²) in [6.07, 6.45) is 0. The summed E-state index contributed by atoms with van der Waals surface area (Å²) in [7, 11) is 0. The van der Waals surface area contributed by atoms with E-state index in [4.69, 9.17) is 22.1 Å². The van der Waals surface area contributed by atoms with Crippen LogP contribution in [-0.2, 0) is 0 Å². The van der Waals surface area contributed by atoms with E-state index in [0.717, 1.165) is 15.8 Å². The summed E-state index contributed by atoms with van der Waals surface area (Å²) in [4.78, 5) is 0. The Balaban J connectivity index is 2.32. The van der Waals surface area contributed by atoms with E-state index < -0.39 is 11.9 Å². The number of ether oxygens (including phenoxy) is 1. The van der Waals surface area contributed by atoms with Crippen LogP contribution in [0, 0.1) is 5.82 Å². The SMILES string of the molecule is CCOc1ccc(C(N)c2ccc(Cl)c(F)c2)c(Br)c1. The zero-order valence-corrected chi connectivity index (χ0v) is 13.2. The normalized spacial score (nSPS) is 12.2. The minimum atomic E-state index is -0.471. The molecule has 0 saturated carbocycles. The summed E-state index contributed by atoms with van der Waals surface area (Å²) in [6.45, 7) is 2.52. The third-order valence-corrected chi connectivity index (χ3v) is 3.91. The van der Waals surface area contributed by atoms with Crippen molar-refractivity contribution < 1.29 is 9.13 Å². The maximum atomic E-state index is 13.5. The first-order valence-corrected chi connectivity index (χ1v) is 7.32. The molecule has 0 amide bonds. The Morgan fingerprint density at radius 1 is 1.30 bits per heavy atom. The summed E-state index contributed by atoms with van der Waals surface area (Å²) >= 11 is 9.14. The molecule has 0 bridgehead atoms. The van der Waals surface area contributed by atoms with Gasteiger partial charge in [0, 0.05) is 4.47 Å². The number of benzene rings is 2. The molecule has 1 atom stereocenters. The summed E-state index contributed by atoms with van der Waals surface area (Å²) in [6, 6.07) is 9.71. The van der Waals surface area contributed by atoms with Gasteiger partial charge in [0.25, 0.3) is 0 Å². The fourth-order valence-electron chi connectivity index (χ4n) is 1.90. The number of hydrogen-bond acceptors (Lipinski definition) is 2. The van der Waals surface area contributed by atoms with Gasteiger partial charge in [-0.05, 0) is 42.3 Å². The van der Waals surface area contributed by atoms with Crippen molar-refractivity contribution >= 4 is 27.5 Å². The molecule has 0 spiro atoms. The average Bonchev–Trinajstić information content (AvgIpc) is 2.42. The Hall–Kier alpha value is -1.10. The van der Waals surface area contributed by atoms with Crippen LogP contribution in [0.4, 0.5) is 4.39 Å². The molecular weight excluding hydrogens is 345 g/mol. The molecule has 0 aliphatic rings. The van der Waals surface area contributed by atoms with E-state index in [1.165, 1.54) is 12.1 Å². The van der Waals surface area contributed by atoms with E-state index in [9.17, 15) is 4.39 Å². The van der Waals surface area contributed by atoms with Crippen LogP contribution in [0.5, 0.6) is 5.75 Å². The van der Waals surface area contributed by atoms with Crippen LogP contribution in [0.2, 0.25) is 5.02 Å². The van der Waals surface area contributed by atoms with E-state index in [1.807, 2.05) is 25.1 Å². The highest BCUT2D eigenvalue weighted by Crippen LogP contribution is 2.31. The van der Waals surface area contributed by atoms with Gasteiger partial charge in [-0.1, -0.05) is 39.7 Å². The minimum absolute atomic E-state index is 0.0895. The molecule has 2 rings (SSSR count). The zero-order chi connectivity index (χ0) is 14.7. The van der Waals surface area contributed by atoms with Gasteiger partial charge in [-0.25, -0.2) is 4.39 Å². The van der Waals surface area contributed by atoms with Crippen molar-refractivity contribution in [2.75, 3.05) is 6.61 Å². The highest BCUT2D eigenvalue weighted by molar-refractivity contribution is 9.10. The maximum absolute atomic E-state index is 13.5. The molecule has 0 radical (unpaired) electrons. The number of halogens is 3. The fraction of sp³-hybridized carbons (Fsp3) is 0.200. The Labute approximate surface area is 130 Å². The molecule has 1 unspecified atom stereocenters. The second kappa shape index (κ2) is 6.57. The van der Waals surface area contributed by atoms with Crippen molar-refractivity contribution in [3.05, 3.63) is 62.8 Å². The van der Waals surface area contributed by atoms with Crippen molar-refractivity contribution in [1.82, 2.24) is 0 Å². The van der Waals surface area contributed by atoms with E-state index in [0.29, 0.717) is 12.2 Å². The molecule has 0 saturated heterocycles. The maximum Gasteiger partial charge on any atom is 0.142 e. The topological polar surface area (TPSA) is 35.2 Å². The first-order valence-electron chi connectivity index (χ1n) is 6.15. The first-order chi connectivity index (χ1) is 9.52. The van der Waals surface area contributed by atoms with E-state index in [-0.39, 0.29) is 5.02 Å². The summed E-state index contributed by atoms with van der Waals surface area (Å²) in [5.41, 5.74) is 7.70. The second-order valence-electron chi connectivity index (χ2n) is 4.27. The third-order valence-electron chi connectivity index (χ3n) is 2.92. The molecule has 0 heterocycles. The van der Waals surface area contributed by atoms with Gasteiger partial charge in [0.2, 0.25) is 0 Å². The molecule has 2 nitrogen and oxygen atoms in total. The van der Waals surface area contributed by atoms with E-state index in [2.05, 4.69) is 15.9 Å². The Kier molecular flexibility index (Phi) is 5.02. The van der Waals surface area contributed by atoms with E-state index in [1.54, 1.807) is 6.07 Å². The molecule has 0 aliphatic carbocycles. The lowest BCUT2D eigenvalue weighted by molar-refractivity contribution is 0.340. The first kappa shape index (κ1) is 15.3. The molecule has 20 heavy (non-hydrogen) atoms. The van der Waals surface area contributed by atoms with Gasteiger partial charge in [0.1, 0.15) is 11.6 Å². The highest BCUT2D eigenvalue weighted by atomic mass is 79.9. The lowest BCUT2D eigenvalue weighted by Gasteiger charge is -2.16. The summed E-state index contributed by atoms with van der Waals surface area (Å²) in [5, 5.41) is 0.0895. The van der Waals surface area contributed by atoms with Gasteiger partial charge in [-0.3, -0.25) is 0 Å². The molecule has 2 aromatic carbocycles. The van der Waals surface area contributed by atoms with E-state index >= 15 is 0 Å². The summed E-state index contributed by atoms with van der Waals surface area (Å²) < 4.78 is 19.7. The van der Waals surface area contributed by atoms with Gasteiger partial charge in [-0.15, -0.1) is 0 Å².